The summed E-state index contributed by atoms with van der Waals surface area (Å²) in [6, 6.07) is 20.0. The summed E-state index contributed by atoms with van der Waals surface area (Å²) in [5.41, 5.74) is 4.01. The molecule has 3 aromatic rings. The molecule has 3 aromatic carbocycles. The van der Waals surface area contributed by atoms with Gasteiger partial charge in [0, 0.05) is 11.4 Å². The van der Waals surface area contributed by atoms with Crippen LogP contribution in [0.1, 0.15) is 22.7 Å². The van der Waals surface area contributed by atoms with Crippen molar-refractivity contribution in [3.63, 3.8) is 0 Å². The highest BCUT2D eigenvalue weighted by atomic mass is 19.1. The summed E-state index contributed by atoms with van der Waals surface area (Å²) in [5.74, 6) is -0.899. The average Bonchev–Trinajstić information content (AvgIpc) is 2.73. The van der Waals surface area contributed by atoms with Gasteiger partial charge in [-0.15, -0.1) is 0 Å². The van der Waals surface area contributed by atoms with Crippen molar-refractivity contribution < 1.29 is 14.0 Å². The van der Waals surface area contributed by atoms with Gasteiger partial charge in [0.1, 0.15) is 11.9 Å². The Labute approximate surface area is 181 Å². The van der Waals surface area contributed by atoms with E-state index in [0.717, 1.165) is 22.4 Å². The molecule has 0 aromatic heterocycles. The van der Waals surface area contributed by atoms with Crippen molar-refractivity contribution in [2.24, 2.45) is 0 Å². The average molecular weight is 420 g/mol. The minimum absolute atomic E-state index is 0.0176. The summed E-state index contributed by atoms with van der Waals surface area (Å²) >= 11 is 0. The molecule has 0 heterocycles. The normalized spacial score (nSPS) is 11.8. The van der Waals surface area contributed by atoms with Crippen molar-refractivity contribution in [3.8, 4) is 0 Å². The van der Waals surface area contributed by atoms with Gasteiger partial charge in [0.25, 0.3) is 0 Å². The third kappa shape index (κ3) is 5.99. The van der Waals surface area contributed by atoms with Crippen LogP contribution in [0.15, 0.2) is 72.8 Å². The van der Waals surface area contributed by atoms with Crippen molar-refractivity contribution in [1.29, 1.82) is 0 Å². The second kappa shape index (κ2) is 10.00. The van der Waals surface area contributed by atoms with Gasteiger partial charge in [-0.1, -0.05) is 42.5 Å². The molecule has 1 atom stereocenters. The molecule has 31 heavy (non-hydrogen) atoms. The Bertz CT molecular complexity index is 1050. The molecular formula is C25H26FN3O2. The van der Waals surface area contributed by atoms with Crippen molar-refractivity contribution >= 4 is 23.2 Å². The lowest BCUT2D eigenvalue weighted by molar-refractivity contribution is -0.123. The molecule has 160 valence electrons. The zero-order chi connectivity index (χ0) is 22.4. The van der Waals surface area contributed by atoms with E-state index in [4.69, 9.17) is 0 Å². The van der Waals surface area contributed by atoms with E-state index in [-0.39, 0.29) is 24.2 Å². The predicted octanol–water partition coefficient (Wildman–Crippen LogP) is 4.69. The lowest BCUT2D eigenvalue weighted by atomic mass is 10.0. The maximum absolute atomic E-state index is 13.2. The van der Waals surface area contributed by atoms with E-state index in [1.165, 1.54) is 24.3 Å². The van der Waals surface area contributed by atoms with Crippen LogP contribution in [-0.2, 0) is 9.59 Å². The summed E-state index contributed by atoms with van der Waals surface area (Å²) in [7, 11) is 1.73. The van der Waals surface area contributed by atoms with Crippen LogP contribution in [0, 0.1) is 19.7 Å². The number of amides is 2. The third-order valence-electron chi connectivity index (χ3n) is 4.98. The summed E-state index contributed by atoms with van der Waals surface area (Å²) in [6.07, 6.45) is 0. The number of halogens is 1. The fourth-order valence-electron chi connectivity index (χ4n) is 3.36. The second-order valence-corrected chi connectivity index (χ2v) is 7.59. The van der Waals surface area contributed by atoms with Crippen LogP contribution in [0.25, 0.3) is 0 Å². The first-order chi connectivity index (χ1) is 14.8. The van der Waals surface area contributed by atoms with Crippen molar-refractivity contribution in [2.75, 3.05) is 24.2 Å². The smallest absolute Gasteiger partial charge is 0.246 e. The Balaban J connectivity index is 1.76. The number of rotatable bonds is 7. The summed E-state index contributed by atoms with van der Waals surface area (Å²) in [6.45, 7) is 3.91. The van der Waals surface area contributed by atoms with Crippen LogP contribution < -0.4 is 10.6 Å². The molecule has 5 nitrogen and oxygen atoms in total. The van der Waals surface area contributed by atoms with Gasteiger partial charge in [-0.05, 0) is 67.9 Å². The quantitative estimate of drug-likeness (QED) is 0.584. The van der Waals surface area contributed by atoms with Crippen LogP contribution in [0.4, 0.5) is 15.8 Å². The van der Waals surface area contributed by atoms with E-state index in [2.05, 4.69) is 10.6 Å². The van der Waals surface area contributed by atoms with Crippen molar-refractivity contribution in [1.82, 2.24) is 4.90 Å². The number of nitrogens with zero attached hydrogens (tertiary/aromatic N) is 1. The van der Waals surface area contributed by atoms with Gasteiger partial charge in [0.2, 0.25) is 11.8 Å². The largest absolute Gasteiger partial charge is 0.325 e. The number of likely N-dealkylation sites (N-methyl/N-ethyl adjacent to an activating group) is 1. The van der Waals surface area contributed by atoms with E-state index in [1.54, 1.807) is 11.9 Å². The molecule has 0 aliphatic rings. The van der Waals surface area contributed by atoms with Gasteiger partial charge in [0.05, 0.1) is 6.54 Å². The first-order valence-corrected chi connectivity index (χ1v) is 10.0. The fourth-order valence-corrected chi connectivity index (χ4v) is 3.36. The summed E-state index contributed by atoms with van der Waals surface area (Å²) in [4.78, 5) is 27.5. The van der Waals surface area contributed by atoms with Crippen molar-refractivity contribution in [2.45, 2.75) is 19.9 Å². The number of aryl methyl sites for hydroxylation is 2. The molecule has 2 N–H and O–H groups in total. The molecular weight excluding hydrogens is 393 g/mol. The lowest BCUT2D eigenvalue weighted by Gasteiger charge is -2.27. The molecule has 0 aliphatic heterocycles. The van der Waals surface area contributed by atoms with E-state index in [9.17, 15) is 14.0 Å². The Morgan fingerprint density at radius 2 is 1.61 bits per heavy atom. The Hall–Kier alpha value is -3.51. The number of nitrogens with one attached hydrogen (secondary N) is 2. The Morgan fingerprint density at radius 3 is 2.29 bits per heavy atom. The van der Waals surface area contributed by atoms with Crippen molar-refractivity contribution in [3.05, 3.63) is 95.3 Å². The minimum atomic E-state index is -0.699. The van der Waals surface area contributed by atoms with E-state index < -0.39 is 6.04 Å². The van der Waals surface area contributed by atoms with Gasteiger partial charge >= 0.3 is 0 Å². The molecule has 0 bridgehead atoms. The highest BCUT2D eigenvalue weighted by Crippen LogP contribution is 2.22. The standard InChI is InChI=1S/C25H26FN3O2/c1-17-9-10-18(2)22(15-17)28-23(30)16-29(3)24(19-7-5-4-6-8-19)25(31)27-21-13-11-20(26)12-14-21/h4-15,24H,16H2,1-3H3,(H,27,31)(H,28,30). The second-order valence-electron chi connectivity index (χ2n) is 7.59. The van der Waals surface area contributed by atoms with E-state index in [1.807, 2.05) is 62.4 Å². The zero-order valence-corrected chi connectivity index (χ0v) is 17.9. The topological polar surface area (TPSA) is 61.4 Å². The molecule has 0 radical (unpaired) electrons. The number of carbonyl (C=O) groups excluding carboxylic acids is 2. The molecule has 2 amide bonds. The van der Waals surface area contributed by atoms with Gasteiger partial charge in [-0.3, -0.25) is 14.5 Å². The molecule has 1 unspecified atom stereocenters. The fraction of sp³-hybridized carbons (Fsp3) is 0.200. The van der Waals surface area contributed by atoms with Crippen LogP contribution in [0.2, 0.25) is 0 Å². The monoisotopic (exact) mass is 419 g/mol. The van der Waals surface area contributed by atoms with Gasteiger partial charge in [-0.25, -0.2) is 4.39 Å². The van der Waals surface area contributed by atoms with Gasteiger partial charge in [0.15, 0.2) is 0 Å². The molecule has 3 rings (SSSR count). The van der Waals surface area contributed by atoms with Gasteiger partial charge in [-0.2, -0.15) is 0 Å². The number of hydrogen-bond donors (Lipinski definition) is 2. The van der Waals surface area contributed by atoms with E-state index in [0.29, 0.717) is 5.69 Å². The molecule has 0 saturated carbocycles. The molecule has 0 aliphatic carbocycles. The Morgan fingerprint density at radius 1 is 0.935 bits per heavy atom. The molecule has 0 spiro atoms. The van der Waals surface area contributed by atoms with Crippen LogP contribution in [0.5, 0.6) is 0 Å². The lowest BCUT2D eigenvalue weighted by Crippen LogP contribution is -2.39. The number of anilines is 2. The number of carbonyl (C=O) groups is 2. The van der Waals surface area contributed by atoms with Crippen LogP contribution in [-0.4, -0.2) is 30.3 Å². The minimum Gasteiger partial charge on any atom is -0.325 e. The number of hydrogen-bond acceptors (Lipinski definition) is 3. The summed E-state index contributed by atoms with van der Waals surface area (Å²) < 4.78 is 13.2. The number of benzene rings is 3. The molecule has 0 saturated heterocycles. The van der Waals surface area contributed by atoms with Gasteiger partial charge < -0.3 is 10.6 Å². The highest BCUT2D eigenvalue weighted by Gasteiger charge is 2.27. The van der Waals surface area contributed by atoms with Crippen LogP contribution in [0.3, 0.4) is 0 Å². The third-order valence-corrected chi connectivity index (χ3v) is 4.98. The predicted molar refractivity (Wildman–Crippen MR) is 121 cm³/mol. The Kier molecular flexibility index (Phi) is 7.15. The first-order valence-electron chi connectivity index (χ1n) is 10.0. The maximum atomic E-state index is 13.2. The highest BCUT2D eigenvalue weighted by molar-refractivity contribution is 5.97. The SMILES string of the molecule is Cc1ccc(C)c(NC(=O)CN(C)C(C(=O)Nc2ccc(F)cc2)c2ccccc2)c1. The first kappa shape index (κ1) is 22.2. The summed E-state index contributed by atoms with van der Waals surface area (Å²) in [5, 5.41) is 5.74. The maximum Gasteiger partial charge on any atom is 0.246 e. The molecule has 0 fully saturated rings. The molecule has 6 heteroatoms. The zero-order valence-electron chi connectivity index (χ0n) is 17.9. The van der Waals surface area contributed by atoms with Crippen LogP contribution >= 0.6 is 0 Å². The van der Waals surface area contributed by atoms with E-state index >= 15 is 0 Å².